The summed E-state index contributed by atoms with van der Waals surface area (Å²) in [6.07, 6.45) is 0.645. The van der Waals surface area contributed by atoms with Gasteiger partial charge in [-0.25, -0.2) is 12.8 Å². The smallest absolute Gasteiger partial charge is 0.243 e. The van der Waals surface area contributed by atoms with E-state index in [2.05, 4.69) is 17.2 Å². The molecule has 0 aliphatic carbocycles. The number of aliphatic hydroxyl groups is 1. The molecule has 2 N–H and O–H groups in total. The molecule has 2 aliphatic rings. The summed E-state index contributed by atoms with van der Waals surface area (Å²) in [6.45, 7) is 2.21. The van der Waals surface area contributed by atoms with E-state index < -0.39 is 16.1 Å². The van der Waals surface area contributed by atoms with E-state index in [0.717, 1.165) is 16.8 Å². The number of aryl methyl sites for hydroxylation is 1. The molecule has 174 valence electrons. The molecule has 5 rings (SSSR count). The van der Waals surface area contributed by atoms with Crippen molar-refractivity contribution in [3.8, 4) is 11.8 Å². The van der Waals surface area contributed by atoms with E-state index >= 15 is 0 Å². The fraction of sp³-hybridized carbons (Fsp3) is 0.259. The van der Waals surface area contributed by atoms with Gasteiger partial charge in [0.05, 0.1) is 23.6 Å². The lowest BCUT2D eigenvalue weighted by atomic mass is 9.83. The minimum absolute atomic E-state index is 0.0656. The van der Waals surface area contributed by atoms with Crippen molar-refractivity contribution in [3.63, 3.8) is 0 Å². The Balaban J connectivity index is 1.55. The van der Waals surface area contributed by atoms with E-state index in [0.29, 0.717) is 24.1 Å². The Morgan fingerprint density at radius 2 is 1.79 bits per heavy atom. The van der Waals surface area contributed by atoms with Gasteiger partial charge in [-0.2, -0.15) is 4.31 Å². The summed E-state index contributed by atoms with van der Waals surface area (Å²) in [5.74, 6) is 5.64. The molecule has 7 heteroatoms. The number of nitrogens with one attached hydrogen (secondary N) is 1. The zero-order chi connectivity index (χ0) is 23.9. The molecule has 2 aliphatic heterocycles. The van der Waals surface area contributed by atoms with Crippen LogP contribution in [0.3, 0.4) is 0 Å². The Hall–Kier alpha value is -3.18. The highest BCUT2D eigenvalue weighted by molar-refractivity contribution is 7.89. The molecule has 2 heterocycles. The zero-order valence-electron chi connectivity index (χ0n) is 18.7. The number of sulfonamides is 1. The number of aliphatic hydroxyl groups excluding tert-OH is 1. The minimum Gasteiger partial charge on any atom is -0.394 e. The Morgan fingerprint density at radius 3 is 2.50 bits per heavy atom. The van der Waals surface area contributed by atoms with Crippen LogP contribution in [0.2, 0.25) is 0 Å². The molecule has 3 atom stereocenters. The number of benzene rings is 3. The SMILES string of the molecule is Cc1ccc(S(=O)(=O)N2CC[C@@H]3[C@@H](CO)Nc4ccc(C#Cc5cccc(F)c5)cc4[C@@H]32)cc1. The Kier molecular flexibility index (Phi) is 5.90. The van der Waals surface area contributed by atoms with Crippen molar-refractivity contribution in [1.82, 2.24) is 4.31 Å². The number of fused-ring (bicyclic) bond motifs is 3. The number of hydrogen-bond donors (Lipinski definition) is 2. The summed E-state index contributed by atoms with van der Waals surface area (Å²) in [5, 5.41) is 13.4. The van der Waals surface area contributed by atoms with Gasteiger partial charge < -0.3 is 10.4 Å². The van der Waals surface area contributed by atoms with E-state index in [9.17, 15) is 17.9 Å². The quantitative estimate of drug-likeness (QED) is 0.559. The molecule has 0 bridgehead atoms. The van der Waals surface area contributed by atoms with Crippen molar-refractivity contribution in [2.45, 2.75) is 30.3 Å². The normalized spacial score (nSPS) is 21.7. The van der Waals surface area contributed by atoms with Gasteiger partial charge in [-0.1, -0.05) is 35.6 Å². The first-order chi connectivity index (χ1) is 16.4. The van der Waals surface area contributed by atoms with Crippen LogP contribution in [0.1, 0.15) is 34.7 Å². The molecule has 3 aromatic carbocycles. The van der Waals surface area contributed by atoms with E-state index in [4.69, 9.17) is 0 Å². The molecule has 34 heavy (non-hydrogen) atoms. The summed E-state index contributed by atoms with van der Waals surface area (Å²) in [5.41, 5.74) is 3.91. The van der Waals surface area contributed by atoms with Crippen molar-refractivity contribution in [3.05, 3.63) is 94.8 Å². The number of rotatable bonds is 3. The molecule has 1 fully saturated rings. The summed E-state index contributed by atoms with van der Waals surface area (Å²) in [7, 11) is -3.73. The molecular weight excluding hydrogens is 451 g/mol. The third-order valence-corrected chi connectivity index (χ3v) is 8.52. The predicted octanol–water partition coefficient (Wildman–Crippen LogP) is 4.07. The molecule has 0 unspecified atom stereocenters. The van der Waals surface area contributed by atoms with Crippen LogP contribution in [0.25, 0.3) is 0 Å². The minimum atomic E-state index is -3.73. The first kappa shape index (κ1) is 22.6. The van der Waals surface area contributed by atoms with Gasteiger partial charge in [0.25, 0.3) is 0 Å². The molecule has 0 radical (unpaired) electrons. The summed E-state index contributed by atoms with van der Waals surface area (Å²) >= 11 is 0. The second-order valence-electron chi connectivity index (χ2n) is 8.82. The molecule has 1 saturated heterocycles. The van der Waals surface area contributed by atoms with Crippen LogP contribution in [0.4, 0.5) is 10.1 Å². The fourth-order valence-corrected chi connectivity index (χ4v) is 6.59. The van der Waals surface area contributed by atoms with Gasteiger partial charge in [-0.05, 0) is 67.4 Å². The maximum Gasteiger partial charge on any atom is 0.243 e. The predicted molar refractivity (Wildman–Crippen MR) is 129 cm³/mol. The van der Waals surface area contributed by atoms with Crippen LogP contribution >= 0.6 is 0 Å². The summed E-state index contributed by atoms with van der Waals surface area (Å²) in [4.78, 5) is 0.265. The highest BCUT2D eigenvalue weighted by Gasteiger charge is 2.48. The lowest BCUT2D eigenvalue weighted by Gasteiger charge is -2.38. The standard InChI is InChI=1S/C27H25FN2O3S/c1-18-5-10-22(11-6-18)34(32,33)30-14-13-23-26(17-31)29-25-12-9-20(16-24(25)27(23)30)8-7-19-3-2-4-21(28)15-19/h2-6,9-12,15-16,23,26-27,29,31H,13-14,17H2,1H3/t23-,26-,27-/m1/s1. The van der Waals surface area contributed by atoms with Gasteiger partial charge in [0.2, 0.25) is 10.0 Å². The van der Waals surface area contributed by atoms with Gasteiger partial charge in [-0.15, -0.1) is 0 Å². The van der Waals surface area contributed by atoms with E-state index in [-0.39, 0.29) is 29.3 Å². The Morgan fingerprint density at radius 1 is 1.06 bits per heavy atom. The van der Waals surface area contributed by atoms with Gasteiger partial charge in [0, 0.05) is 29.3 Å². The van der Waals surface area contributed by atoms with Crippen LogP contribution in [-0.2, 0) is 10.0 Å². The van der Waals surface area contributed by atoms with Gasteiger partial charge >= 0.3 is 0 Å². The highest BCUT2D eigenvalue weighted by atomic mass is 32.2. The van der Waals surface area contributed by atoms with E-state index in [1.165, 1.54) is 12.1 Å². The second kappa shape index (κ2) is 8.88. The van der Waals surface area contributed by atoms with Crippen molar-refractivity contribution in [1.29, 1.82) is 0 Å². The monoisotopic (exact) mass is 476 g/mol. The molecule has 3 aromatic rings. The number of anilines is 1. The molecule has 0 saturated carbocycles. The van der Waals surface area contributed by atoms with Crippen LogP contribution in [0.15, 0.2) is 71.6 Å². The van der Waals surface area contributed by atoms with Gasteiger partial charge in [0.1, 0.15) is 5.82 Å². The van der Waals surface area contributed by atoms with Crippen molar-refractivity contribution < 1.29 is 17.9 Å². The molecular formula is C27H25FN2O3S. The number of hydrogen-bond acceptors (Lipinski definition) is 4. The fourth-order valence-electron chi connectivity index (χ4n) is 4.92. The lowest BCUT2D eigenvalue weighted by Crippen LogP contribution is -2.42. The van der Waals surface area contributed by atoms with Crippen LogP contribution in [0, 0.1) is 30.5 Å². The van der Waals surface area contributed by atoms with Crippen LogP contribution in [0.5, 0.6) is 0 Å². The maximum atomic E-state index is 13.6. The average Bonchev–Trinajstić information content (AvgIpc) is 3.29. The topological polar surface area (TPSA) is 69.6 Å². The molecule has 0 aromatic heterocycles. The van der Waals surface area contributed by atoms with Crippen LogP contribution in [-0.4, -0.2) is 37.0 Å². The molecule has 0 amide bonds. The first-order valence-corrected chi connectivity index (χ1v) is 12.7. The average molecular weight is 477 g/mol. The third kappa shape index (κ3) is 4.09. The van der Waals surface area contributed by atoms with Crippen LogP contribution < -0.4 is 5.32 Å². The lowest BCUT2D eigenvalue weighted by molar-refractivity contribution is 0.210. The summed E-state index contributed by atoms with van der Waals surface area (Å²) in [6, 6.07) is 18.0. The maximum absolute atomic E-state index is 13.6. The largest absolute Gasteiger partial charge is 0.394 e. The summed E-state index contributed by atoms with van der Waals surface area (Å²) < 4.78 is 42.3. The number of nitrogens with zero attached hydrogens (tertiary/aromatic N) is 1. The van der Waals surface area contributed by atoms with Gasteiger partial charge in [0.15, 0.2) is 0 Å². The highest BCUT2D eigenvalue weighted by Crippen LogP contribution is 2.48. The van der Waals surface area contributed by atoms with Gasteiger partial charge in [-0.3, -0.25) is 0 Å². The molecule has 0 spiro atoms. The van der Waals surface area contributed by atoms with Crippen molar-refractivity contribution in [2.24, 2.45) is 5.92 Å². The number of halogens is 1. The second-order valence-corrected chi connectivity index (χ2v) is 10.7. The van der Waals surface area contributed by atoms with Crippen molar-refractivity contribution in [2.75, 3.05) is 18.5 Å². The third-order valence-electron chi connectivity index (χ3n) is 6.63. The molecule has 5 nitrogen and oxygen atoms in total. The Labute approximate surface area is 199 Å². The van der Waals surface area contributed by atoms with E-state index in [1.54, 1.807) is 40.7 Å². The zero-order valence-corrected chi connectivity index (χ0v) is 19.5. The Bertz CT molecular complexity index is 1390. The first-order valence-electron chi connectivity index (χ1n) is 11.2. The van der Waals surface area contributed by atoms with Crippen molar-refractivity contribution >= 4 is 15.7 Å². The van der Waals surface area contributed by atoms with E-state index in [1.807, 2.05) is 25.1 Å².